The van der Waals surface area contributed by atoms with Gasteiger partial charge in [-0.2, -0.15) is 9.78 Å². The number of hydrogen-bond donors (Lipinski definition) is 0. The van der Waals surface area contributed by atoms with Crippen LogP contribution in [0.2, 0.25) is 0 Å². The van der Waals surface area contributed by atoms with E-state index in [2.05, 4.69) is 31.9 Å². The Morgan fingerprint density at radius 2 is 2.09 bits per heavy atom. The molecule has 0 radical (unpaired) electrons. The van der Waals surface area contributed by atoms with Gasteiger partial charge in [-0.1, -0.05) is 19.1 Å². The molecule has 1 unspecified atom stereocenters. The van der Waals surface area contributed by atoms with Gasteiger partial charge in [-0.05, 0) is 61.5 Å². The molecule has 1 aliphatic carbocycles. The van der Waals surface area contributed by atoms with Crippen molar-refractivity contribution in [1.29, 1.82) is 0 Å². The Morgan fingerprint density at radius 1 is 1.36 bits per heavy atom. The zero-order valence-corrected chi connectivity index (χ0v) is 14.5. The minimum atomic E-state index is -0.151. The van der Waals surface area contributed by atoms with Crippen LogP contribution in [-0.4, -0.2) is 14.3 Å². The molecule has 0 amide bonds. The Labute approximate surface area is 136 Å². The second-order valence-corrected chi connectivity index (χ2v) is 7.12. The lowest BCUT2D eigenvalue weighted by atomic mass is 10.0. The molecule has 1 atom stereocenters. The maximum absolute atomic E-state index is 6.34. The molecule has 2 aromatic rings. The first-order valence-corrected chi connectivity index (χ1v) is 8.13. The van der Waals surface area contributed by atoms with Crippen molar-refractivity contribution in [3.63, 3.8) is 0 Å². The van der Waals surface area contributed by atoms with Gasteiger partial charge in [0.15, 0.2) is 6.23 Å². The van der Waals surface area contributed by atoms with Crippen LogP contribution < -0.4 is 4.74 Å². The summed E-state index contributed by atoms with van der Waals surface area (Å²) < 4.78 is 10.7. The number of rotatable bonds is 5. The van der Waals surface area contributed by atoms with E-state index >= 15 is 0 Å². The van der Waals surface area contributed by atoms with Crippen LogP contribution in [0.1, 0.15) is 43.5 Å². The van der Waals surface area contributed by atoms with Crippen LogP contribution >= 0.6 is 12.2 Å². The molecule has 1 aromatic heterocycles. The summed E-state index contributed by atoms with van der Waals surface area (Å²) in [5, 5.41) is 4.43. The molecule has 118 valence electrons. The van der Waals surface area contributed by atoms with Gasteiger partial charge < -0.3 is 9.30 Å². The predicted molar refractivity (Wildman–Crippen MR) is 89.6 cm³/mol. The highest BCUT2D eigenvalue weighted by atomic mass is 32.1. The van der Waals surface area contributed by atoms with Crippen molar-refractivity contribution in [3.8, 4) is 5.75 Å². The number of nitrogens with zero attached hydrogens (tertiary/aromatic N) is 3. The Balaban J connectivity index is 1.93. The fraction of sp³-hybridized carbons (Fsp3) is 0.529. The molecular weight excluding hydrogens is 294 g/mol. The molecule has 0 N–H and O–H groups in total. The maximum Gasteiger partial charge on any atom is 0.200 e. The van der Waals surface area contributed by atoms with E-state index in [4.69, 9.17) is 17.0 Å². The van der Waals surface area contributed by atoms with E-state index < -0.39 is 0 Å². The number of aromatic nitrogens is 3. The van der Waals surface area contributed by atoms with Crippen molar-refractivity contribution in [2.75, 3.05) is 0 Å². The molecule has 0 bridgehead atoms. The standard InChI is InChI=1S/C17H23N3OS/c1-12-6-5-7-14(13(12)2)21-15(10-17(3)8-9-17)20-16(22)19(4)11-18-20/h5-7,11,15H,8-10H2,1-4H3. The lowest BCUT2D eigenvalue weighted by Gasteiger charge is -2.23. The molecule has 4 nitrogen and oxygen atoms in total. The van der Waals surface area contributed by atoms with Crippen molar-refractivity contribution in [2.24, 2.45) is 12.5 Å². The van der Waals surface area contributed by atoms with Gasteiger partial charge in [0.1, 0.15) is 12.1 Å². The molecule has 0 aliphatic heterocycles. The fourth-order valence-corrected chi connectivity index (χ4v) is 2.82. The molecule has 1 fully saturated rings. The first-order chi connectivity index (χ1) is 10.4. The monoisotopic (exact) mass is 317 g/mol. The Bertz CT molecular complexity index is 743. The SMILES string of the molecule is Cc1cccc(OC(CC2(C)CC2)n2ncn(C)c2=S)c1C. The second-order valence-electron chi connectivity index (χ2n) is 6.75. The van der Waals surface area contributed by atoms with Crippen LogP contribution in [0.15, 0.2) is 24.5 Å². The highest BCUT2D eigenvalue weighted by molar-refractivity contribution is 7.71. The van der Waals surface area contributed by atoms with Gasteiger partial charge in [0.2, 0.25) is 4.77 Å². The molecule has 1 heterocycles. The number of hydrogen-bond acceptors (Lipinski definition) is 3. The summed E-state index contributed by atoms with van der Waals surface area (Å²) in [6.07, 6.45) is 5.03. The molecule has 1 aromatic carbocycles. The van der Waals surface area contributed by atoms with E-state index in [1.165, 1.54) is 24.0 Å². The zero-order valence-electron chi connectivity index (χ0n) is 13.7. The minimum absolute atomic E-state index is 0.151. The average Bonchev–Trinajstić information content (AvgIpc) is 3.11. The Morgan fingerprint density at radius 3 is 2.68 bits per heavy atom. The lowest BCUT2D eigenvalue weighted by Crippen LogP contribution is -2.21. The van der Waals surface area contributed by atoms with Crippen molar-refractivity contribution in [1.82, 2.24) is 14.3 Å². The predicted octanol–water partition coefficient (Wildman–Crippen LogP) is 4.34. The summed E-state index contributed by atoms with van der Waals surface area (Å²) in [4.78, 5) is 0. The van der Waals surface area contributed by atoms with Gasteiger partial charge in [0, 0.05) is 13.5 Å². The van der Waals surface area contributed by atoms with Crippen LogP contribution in [0.5, 0.6) is 5.75 Å². The summed E-state index contributed by atoms with van der Waals surface area (Å²) >= 11 is 5.47. The van der Waals surface area contributed by atoms with E-state index in [-0.39, 0.29) is 6.23 Å². The van der Waals surface area contributed by atoms with Crippen molar-refractivity contribution in [3.05, 3.63) is 40.4 Å². The van der Waals surface area contributed by atoms with E-state index in [1.54, 1.807) is 6.33 Å². The van der Waals surface area contributed by atoms with Crippen molar-refractivity contribution >= 4 is 12.2 Å². The third-order valence-electron chi connectivity index (χ3n) is 4.71. The normalized spacial score (nSPS) is 17.3. The molecule has 1 saturated carbocycles. The highest BCUT2D eigenvalue weighted by Crippen LogP contribution is 2.51. The van der Waals surface area contributed by atoms with Crippen LogP contribution in [0, 0.1) is 24.0 Å². The topological polar surface area (TPSA) is 32.0 Å². The summed E-state index contributed by atoms with van der Waals surface area (Å²) in [7, 11) is 1.92. The van der Waals surface area contributed by atoms with Gasteiger partial charge >= 0.3 is 0 Å². The summed E-state index contributed by atoms with van der Waals surface area (Å²) in [6, 6.07) is 6.16. The second kappa shape index (κ2) is 5.54. The van der Waals surface area contributed by atoms with E-state index in [9.17, 15) is 0 Å². The van der Waals surface area contributed by atoms with Crippen LogP contribution in [0.25, 0.3) is 0 Å². The van der Waals surface area contributed by atoms with E-state index in [1.807, 2.05) is 28.4 Å². The van der Waals surface area contributed by atoms with Crippen molar-refractivity contribution in [2.45, 2.75) is 46.3 Å². The van der Waals surface area contributed by atoms with Crippen LogP contribution in [-0.2, 0) is 7.05 Å². The third kappa shape index (κ3) is 2.95. The molecule has 5 heteroatoms. The first kappa shape index (κ1) is 15.3. The van der Waals surface area contributed by atoms with Gasteiger partial charge in [0.05, 0.1) is 0 Å². The Kier molecular flexibility index (Phi) is 3.85. The smallest absolute Gasteiger partial charge is 0.200 e. The van der Waals surface area contributed by atoms with Gasteiger partial charge in [-0.15, -0.1) is 0 Å². The molecule has 3 rings (SSSR count). The molecule has 1 aliphatic rings. The van der Waals surface area contributed by atoms with E-state index in [0.29, 0.717) is 10.2 Å². The first-order valence-electron chi connectivity index (χ1n) is 7.73. The molecule has 0 spiro atoms. The number of ether oxygens (including phenoxy) is 1. The van der Waals surface area contributed by atoms with Gasteiger partial charge in [0.25, 0.3) is 0 Å². The van der Waals surface area contributed by atoms with Gasteiger partial charge in [-0.25, -0.2) is 0 Å². The van der Waals surface area contributed by atoms with Crippen LogP contribution in [0.3, 0.4) is 0 Å². The fourth-order valence-electron chi connectivity index (χ4n) is 2.61. The quantitative estimate of drug-likeness (QED) is 0.769. The van der Waals surface area contributed by atoms with Crippen LogP contribution in [0.4, 0.5) is 0 Å². The molecule has 0 saturated heterocycles. The number of aryl methyl sites for hydroxylation is 2. The highest BCUT2D eigenvalue weighted by Gasteiger charge is 2.41. The summed E-state index contributed by atoms with van der Waals surface area (Å²) in [5.74, 6) is 0.918. The number of benzene rings is 1. The largest absolute Gasteiger partial charge is 0.468 e. The Hall–Kier alpha value is -1.62. The third-order valence-corrected chi connectivity index (χ3v) is 5.18. The minimum Gasteiger partial charge on any atom is -0.468 e. The summed E-state index contributed by atoms with van der Waals surface area (Å²) in [5.41, 5.74) is 2.77. The maximum atomic E-state index is 6.34. The van der Waals surface area contributed by atoms with Gasteiger partial charge in [-0.3, -0.25) is 0 Å². The summed E-state index contributed by atoms with van der Waals surface area (Å²) in [6.45, 7) is 6.50. The van der Waals surface area contributed by atoms with E-state index in [0.717, 1.165) is 12.2 Å². The molecule has 22 heavy (non-hydrogen) atoms. The average molecular weight is 317 g/mol. The molecular formula is C17H23N3OS. The lowest BCUT2D eigenvalue weighted by molar-refractivity contribution is 0.0842. The zero-order chi connectivity index (χ0) is 15.9. The van der Waals surface area contributed by atoms with Crippen molar-refractivity contribution < 1.29 is 4.74 Å².